The van der Waals surface area contributed by atoms with Crippen LogP contribution in [0.25, 0.3) is 0 Å². The third-order valence-electron chi connectivity index (χ3n) is 4.10. The second-order valence-electron chi connectivity index (χ2n) is 5.88. The minimum absolute atomic E-state index is 0.0714. The Morgan fingerprint density at radius 2 is 2.32 bits per heavy atom. The number of hydrogen-bond donors (Lipinski definition) is 1. The van der Waals surface area contributed by atoms with Crippen LogP contribution in [0.5, 0.6) is 0 Å². The van der Waals surface area contributed by atoms with Crippen LogP contribution in [0.4, 0.5) is 4.39 Å². The van der Waals surface area contributed by atoms with Crippen LogP contribution in [-0.2, 0) is 11.3 Å². The van der Waals surface area contributed by atoms with Crippen molar-refractivity contribution in [2.24, 2.45) is 5.92 Å². The third kappa shape index (κ3) is 4.41. The number of carbonyl (C=O) groups excluding carboxylic acids is 1. The average molecular weight is 329 g/mol. The van der Waals surface area contributed by atoms with Crippen LogP contribution in [0.1, 0.15) is 18.4 Å². The molecule has 4 nitrogen and oxygen atoms in total. The number of likely N-dealkylation sites (N-methyl/N-ethyl adjacent to an activating group) is 1. The van der Waals surface area contributed by atoms with Crippen LogP contribution in [0.3, 0.4) is 0 Å². The van der Waals surface area contributed by atoms with Gasteiger partial charge in [-0.1, -0.05) is 17.7 Å². The standard InChI is InChI=1S/C16H22ClFN2O2/c1-19(9-13-14(17)5-2-6-15(13)18)16(22)10-20-7-3-4-12(8-20)11-21/h2,5-6,12,21H,3-4,7-11H2,1H3. The highest BCUT2D eigenvalue weighted by Gasteiger charge is 2.22. The summed E-state index contributed by atoms with van der Waals surface area (Å²) < 4.78 is 13.8. The van der Waals surface area contributed by atoms with Gasteiger partial charge in [0.05, 0.1) is 6.54 Å². The summed E-state index contributed by atoms with van der Waals surface area (Å²) in [5.74, 6) is -0.226. The Kier molecular flexibility index (Phi) is 6.17. The van der Waals surface area contributed by atoms with E-state index in [1.807, 2.05) is 4.90 Å². The second kappa shape index (κ2) is 7.90. The lowest BCUT2D eigenvalue weighted by atomic mass is 9.99. The molecule has 1 atom stereocenters. The SMILES string of the molecule is CN(Cc1c(F)cccc1Cl)C(=O)CN1CCCC(CO)C1. The van der Waals surface area contributed by atoms with Gasteiger partial charge in [0.2, 0.25) is 5.91 Å². The molecule has 1 heterocycles. The number of aliphatic hydroxyl groups is 1. The molecule has 1 aromatic rings. The molecule has 1 fully saturated rings. The highest BCUT2D eigenvalue weighted by atomic mass is 35.5. The zero-order chi connectivity index (χ0) is 16.1. The summed E-state index contributed by atoms with van der Waals surface area (Å²) in [5.41, 5.74) is 0.340. The molecule has 22 heavy (non-hydrogen) atoms. The van der Waals surface area contributed by atoms with E-state index in [0.29, 0.717) is 17.1 Å². The number of amides is 1. The van der Waals surface area contributed by atoms with Gasteiger partial charge >= 0.3 is 0 Å². The molecule has 0 radical (unpaired) electrons. The van der Waals surface area contributed by atoms with Crippen molar-refractivity contribution in [1.29, 1.82) is 0 Å². The number of piperidine rings is 1. The first-order valence-electron chi connectivity index (χ1n) is 7.51. The fraction of sp³-hybridized carbons (Fsp3) is 0.562. The molecule has 1 amide bonds. The number of rotatable bonds is 5. The van der Waals surface area contributed by atoms with Crippen molar-refractivity contribution in [3.63, 3.8) is 0 Å². The summed E-state index contributed by atoms with van der Waals surface area (Å²) in [4.78, 5) is 15.8. The van der Waals surface area contributed by atoms with Gasteiger partial charge in [-0.15, -0.1) is 0 Å². The van der Waals surface area contributed by atoms with Crippen molar-refractivity contribution >= 4 is 17.5 Å². The molecule has 0 saturated carbocycles. The summed E-state index contributed by atoms with van der Waals surface area (Å²) in [5, 5.41) is 9.56. The van der Waals surface area contributed by atoms with E-state index in [0.717, 1.165) is 25.9 Å². The van der Waals surface area contributed by atoms with Gasteiger partial charge in [-0.2, -0.15) is 0 Å². The molecule has 122 valence electrons. The molecular formula is C16H22ClFN2O2. The number of carbonyl (C=O) groups is 1. The molecule has 1 aromatic carbocycles. The highest BCUT2D eigenvalue weighted by Crippen LogP contribution is 2.21. The number of benzene rings is 1. The van der Waals surface area contributed by atoms with Crippen LogP contribution in [0.15, 0.2) is 18.2 Å². The van der Waals surface area contributed by atoms with E-state index in [2.05, 4.69) is 0 Å². The summed E-state index contributed by atoms with van der Waals surface area (Å²) in [6.07, 6.45) is 1.99. The van der Waals surface area contributed by atoms with Gasteiger partial charge in [-0.3, -0.25) is 9.69 Å². The summed E-state index contributed by atoms with van der Waals surface area (Å²) in [6, 6.07) is 4.51. The Balaban J connectivity index is 1.92. The van der Waals surface area contributed by atoms with E-state index >= 15 is 0 Å². The molecule has 1 unspecified atom stereocenters. The maximum absolute atomic E-state index is 13.8. The molecule has 0 bridgehead atoms. The molecule has 0 spiro atoms. The number of halogens is 2. The summed E-state index contributed by atoms with van der Waals surface area (Å²) >= 11 is 5.99. The maximum Gasteiger partial charge on any atom is 0.236 e. The van der Waals surface area contributed by atoms with Crippen molar-refractivity contribution < 1.29 is 14.3 Å². The number of hydrogen-bond acceptors (Lipinski definition) is 3. The lowest BCUT2D eigenvalue weighted by Crippen LogP contribution is -2.43. The Bertz CT molecular complexity index is 507. The largest absolute Gasteiger partial charge is 0.396 e. The number of nitrogens with zero attached hydrogens (tertiary/aromatic N) is 2. The number of aliphatic hydroxyl groups excluding tert-OH is 1. The van der Waals surface area contributed by atoms with Gasteiger partial charge in [-0.25, -0.2) is 4.39 Å². The fourth-order valence-electron chi connectivity index (χ4n) is 2.76. The van der Waals surface area contributed by atoms with E-state index in [4.69, 9.17) is 11.6 Å². The highest BCUT2D eigenvalue weighted by molar-refractivity contribution is 6.31. The second-order valence-corrected chi connectivity index (χ2v) is 6.28. The average Bonchev–Trinajstić information content (AvgIpc) is 2.51. The molecule has 2 rings (SSSR count). The lowest BCUT2D eigenvalue weighted by molar-refractivity contribution is -0.132. The predicted molar refractivity (Wildman–Crippen MR) is 84.1 cm³/mol. The first-order chi connectivity index (χ1) is 10.5. The Morgan fingerprint density at radius 3 is 3.00 bits per heavy atom. The van der Waals surface area contributed by atoms with Crippen molar-refractivity contribution in [3.8, 4) is 0 Å². The number of likely N-dealkylation sites (tertiary alicyclic amines) is 1. The Hall–Kier alpha value is -1.17. The van der Waals surface area contributed by atoms with Crippen LogP contribution >= 0.6 is 11.6 Å². The molecule has 0 aromatic heterocycles. The molecule has 1 aliphatic rings. The van der Waals surface area contributed by atoms with Crippen LogP contribution < -0.4 is 0 Å². The Morgan fingerprint density at radius 1 is 1.55 bits per heavy atom. The van der Waals surface area contributed by atoms with Crippen molar-refractivity contribution in [3.05, 3.63) is 34.6 Å². The van der Waals surface area contributed by atoms with Crippen molar-refractivity contribution in [1.82, 2.24) is 9.80 Å². The fourth-order valence-corrected chi connectivity index (χ4v) is 2.99. The molecule has 1 saturated heterocycles. The summed E-state index contributed by atoms with van der Waals surface area (Å²) in [7, 11) is 1.65. The monoisotopic (exact) mass is 328 g/mol. The molecule has 6 heteroatoms. The van der Waals surface area contributed by atoms with Gasteiger partial charge in [0, 0.05) is 37.3 Å². The molecular weight excluding hydrogens is 307 g/mol. The zero-order valence-corrected chi connectivity index (χ0v) is 13.5. The van der Waals surface area contributed by atoms with Crippen LogP contribution in [-0.4, -0.2) is 54.1 Å². The topological polar surface area (TPSA) is 43.8 Å². The van der Waals surface area contributed by atoms with Gasteiger partial charge in [0.25, 0.3) is 0 Å². The minimum Gasteiger partial charge on any atom is -0.396 e. The van der Waals surface area contributed by atoms with Gasteiger partial charge in [0.15, 0.2) is 0 Å². The van der Waals surface area contributed by atoms with E-state index < -0.39 is 5.82 Å². The predicted octanol–water partition coefficient (Wildman–Crippen LogP) is 2.14. The quantitative estimate of drug-likeness (QED) is 0.900. The summed E-state index contributed by atoms with van der Waals surface area (Å²) in [6.45, 7) is 2.19. The van der Waals surface area contributed by atoms with Gasteiger partial charge in [0.1, 0.15) is 5.82 Å². The molecule has 1 N–H and O–H groups in total. The van der Waals surface area contributed by atoms with Crippen molar-refractivity contribution in [2.45, 2.75) is 19.4 Å². The molecule has 0 aliphatic carbocycles. The van der Waals surface area contributed by atoms with E-state index in [9.17, 15) is 14.3 Å². The normalized spacial score (nSPS) is 19.2. The Labute approximate surface area is 135 Å². The third-order valence-corrected chi connectivity index (χ3v) is 4.46. The first kappa shape index (κ1) is 17.2. The first-order valence-corrected chi connectivity index (χ1v) is 7.89. The zero-order valence-electron chi connectivity index (χ0n) is 12.8. The van der Waals surface area contributed by atoms with Crippen LogP contribution in [0, 0.1) is 11.7 Å². The minimum atomic E-state index is -0.398. The van der Waals surface area contributed by atoms with Gasteiger partial charge in [-0.05, 0) is 37.4 Å². The van der Waals surface area contributed by atoms with Gasteiger partial charge < -0.3 is 10.0 Å². The van der Waals surface area contributed by atoms with Crippen LogP contribution in [0.2, 0.25) is 5.02 Å². The van der Waals surface area contributed by atoms with E-state index in [-0.39, 0.29) is 25.0 Å². The smallest absolute Gasteiger partial charge is 0.236 e. The van der Waals surface area contributed by atoms with E-state index in [1.54, 1.807) is 19.2 Å². The van der Waals surface area contributed by atoms with E-state index in [1.165, 1.54) is 11.0 Å². The lowest BCUT2D eigenvalue weighted by Gasteiger charge is -2.32. The maximum atomic E-state index is 13.8. The molecule has 1 aliphatic heterocycles. The van der Waals surface area contributed by atoms with Crippen molar-refractivity contribution in [2.75, 3.05) is 33.3 Å².